The number of benzene rings is 2. The number of methoxy groups -OCH3 is 1. The standard InChI is InChI=1S/C23H24N2O3S2/c1-28-18-10-8-17(9-11-18)23(27)25-19(12-13-29-2)21(26)14-22-24-20(15-30-22)16-6-4-3-5-7-16/h3-11,15,19H,12-14H2,1-2H3,(H,25,27)/t19-/m0/s1. The maximum atomic E-state index is 13.0. The molecule has 0 bridgehead atoms. The predicted octanol–water partition coefficient (Wildman–Crippen LogP) is 4.48. The third kappa shape index (κ3) is 5.93. The molecule has 1 aromatic heterocycles. The lowest BCUT2D eigenvalue weighted by molar-refractivity contribution is -0.120. The van der Waals surface area contributed by atoms with Gasteiger partial charge in [0.05, 0.1) is 25.3 Å². The number of ether oxygens (including phenoxy) is 1. The Labute approximate surface area is 184 Å². The van der Waals surface area contributed by atoms with E-state index in [0.29, 0.717) is 17.7 Å². The molecule has 0 aliphatic heterocycles. The van der Waals surface area contributed by atoms with Gasteiger partial charge < -0.3 is 10.1 Å². The maximum absolute atomic E-state index is 13.0. The average molecular weight is 441 g/mol. The van der Waals surface area contributed by atoms with Crippen LogP contribution >= 0.6 is 23.1 Å². The molecular weight excluding hydrogens is 416 g/mol. The summed E-state index contributed by atoms with van der Waals surface area (Å²) in [6.45, 7) is 0. The molecule has 1 amide bonds. The van der Waals surface area contributed by atoms with Crippen LogP contribution in [-0.2, 0) is 11.2 Å². The summed E-state index contributed by atoms with van der Waals surface area (Å²) in [5.41, 5.74) is 2.39. The van der Waals surface area contributed by atoms with Crippen LogP contribution in [0.5, 0.6) is 5.75 Å². The van der Waals surface area contributed by atoms with Crippen molar-refractivity contribution in [3.63, 3.8) is 0 Å². The van der Waals surface area contributed by atoms with E-state index in [-0.39, 0.29) is 18.1 Å². The van der Waals surface area contributed by atoms with Gasteiger partial charge in [0.15, 0.2) is 5.78 Å². The summed E-state index contributed by atoms with van der Waals surface area (Å²) in [6, 6.07) is 16.2. The minimum atomic E-state index is -0.545. The molecule has 3 rings (SSSR count). The summed E-state index contributed by atoms with van der Waals surface area (Å²) in [5.74, 6) is 1.17. The molecule has 1 N–H and O–H groups in total. The lowest BCUT2D eigenvalue weighted by Gasteiger charge is -2.17. The number of Topliss-reactive ketones (excluding diaryl/α,β-unsaturated/α-hetero) is 1. The molecule has 0 fully saturated rings. The van der Waals surface area contributed by atoms with Crippen LogP contribution in [0.2, 0.25) is 0 Å². The van der Waals surface area contributed by atoms with E-state index in [1.807, 2.05) is 42.0 Å². The second-order valence-electron chi connectivity index (χ2n) is 6.67. The van der Waals surface area contributed by atoms with E-state index in [0.717, 1.165) is 22.0 Å². The number of thiazole rings is 1. The van der Waals surface area contributed by atoms with Crippen molar-refractivity contribution in [2.45, 2.75) is 18.9 Å². The Kier molecular flexibility index (Phi) is 8.04. The van der Waals surface area contributed by atoms with Crippen molar-refractivity contribution in [3.05, 3.63) is 70.5 Å². The molecule has 0 aliphatic rings. The average Bonchev–Trinajstić information content (AvgIpc) is 3.25. The zero-order valence-corrected chi connectivity index (χ0v) is 18.6. The summed E-state index contributed by atoms with van der Waals surface area (Å²) in [5, 5.41) is 5.62. The molecule has 156 valence electrons. The van der Waals surface area contributed by atoms with Crippen molar-refractivity contribution < 1.29 is 14.3 Å². The number of carbonyl (C=O) groups excluding carboxylic acids is 2. The van der Waals surface area contributed by atoms with Gasteiger partial charge in [0.25, 0.3) is 5.91 Å². The molecule has 1 atom stereocenters. The third-order valence-electron chi connectivity index (χ3n) is 4.60. The first kappa shape index (κ1) is 22.1. The van der Waals surface area contributed by atoms with Crippen LogP contribution in [0, 0.1) is 0 Å². The highest BCUT2D eigenvalue weighted by atomic mass is 32.2. The molecule has 2 aromatic carbocycles. The largest absolute Gasteiger partial charge is 0.497 e. The SMILES string of the molecule is COc1ccc(C(=O)N[C@@H](CCSC)C(=O)Cc2nc(-c3ccccc3)cs2)cc1. The molecule has 0 aliphatic carbocycles. The molecular formula is C23H24N2O3S2. The summed E-state index contributed by atoms with van der Waals surface area (Å²) in [7, 11) is 1.58. The van der Waals surface area contributed by atoms with Crippen LogP contribution in [0.4, 0.5) is 0 Å². The van der Waals surface area contributed by atoms with Gasteiger partial charge in [0.1, 0.15) is 10.8 Å². The Balaban J connectivity index is 1.67. The van der Waals surface area contributed by atoms with Crippen molar-refractivity contribution in [2.24, 2.45) is 0 Å². The number of thioether (sulfide) groups is 1. The van der Waals surface area contributed by atoms with Gasteiger partial charge in [-0.05, 0) is 42.7 Å². The van der Waals surface area contributed by atoms with Crippen LogP contribution in [0.15, 0.2) is 60.0 Å². The topological polar surface area (TPSA) is 68.3 Å². The summed E-state index contributed by atoms with van der Waals surface area (Å²) >= 11 is 3.12. The molecule has 0 saturated carbocycles. The van der Waals surface area contributed by atoms with Crippen LogP contribution in [0.1, 0.15) is 21.8 Å². The number of ketones is 1. The maximum Gasteiger partial charge on any atom is 0.251 e. The van der Waals surface area contributed by atoms with Gasteiger partial charge in [-0.1, -0.05) is 30.3 Å². The fourth-order valence-corrected chi connectivity index (χ4v) is 4.22. The molecule has 0 saturated heterocycles. The van der Waals surface area contributed by atoms with E-state index in [4.69, 9.17) is 4.74 Å². The van der Waals surface area contributed by atoms with Gasteiger partial charge in [-0.25, -0.2) is 4.98 Å². The van der Waals surface area contributed by atoms with Crippen molar-refractivity contribution in [1.29, 1.82) is 0 Å². The van der Waals surface area contributed by atoms with E-state index in [1.165, 1.54) is 11.3 Å². The zero-order valence-electron chi connectivity index (χ0n) is 17.0. The quantitative estimate of drug-likeness (QED) is 0.503. The van der Waals surface area contributed by atoms with Gasteiger partial charge >= 0.3 is 0 Å². The molecule has 1 heterocycles. The normalized spacial score (nSPS) is 11.7. The first-order valence-electron chi connectivity index (χ1n) is 9.57. The predicted molar refractivity (Wildman–Crippen MR) is 124 cm³/mol. The summed E-state index contributed by atoms with van der Waals surface area (Å²) in [6.07, 6.45) is 2.78. The number of aromatic nitrogens is 1. The highest BCUT2D eigenvalue weighted by Gasteiger charge is 2.22. The third-order valence-corrected chi connectivity index (χ3v) is 6.10. The molecule has 0 unspecified atom stereocenters. The second-order valence-corrected chi connectivity index (χ2v) is 8.60. The molecule has 3 aromatic rings. The van der Waals surface area contributed by atoms with Crippen LogP contribution in [0.3, 0.4) is 0 Å². The van der Waals surface area contributed by atoms with Crippen molar-refractivity contribution in [1.82, 2.24) is 10.3 Å². The minimum absolute atomic E-state index is 0.0279. The fraction of sp³-hybridized carbons (Fsp3) is 0.261. The second kappa shape index (κ2) is 10.9. The van der Waals surface area contributed by atoms with Gasteiger partial charge in [0.2, 0.25) is 0 Å². The Morgan fingerprint density at radius 2 is 1.87 bits per heavy atom. The van der Waals surface area contributed by atoms with E-state index in [1.54, 1.807) is 43.1 Å². The number of hydrogen-bond donors (Lipinski definition) is 1. The highest BCUT2D eigenvalue weighted by Crippen LogP contribution is 2.22. The van der Waals surface area contributed by atoms with Gasteiger partial charge in [-0.2, -0.15) is 11.8 Å². The lowest BCUT2D eigenvalue weighted by atomic mass is 10.1. The lowest BCUT2D eigenvalue weighted by Crippen LogP contribution is -2.42. The molecule has 30 heavy (non-hydrogen) atoms. The fourth-order valence-electron chi connectivity index (χ4n) is 2.94. The monoisotopic (exact) mass is 440 g/mol. The number of rotatable bonds is 10. The van der Waals surface area contributed by atoms with Crippen LogP contribution < -0.4 is 10.1 Å². The van der Waals surface area contributed by atoms with Crippen LogP contribution in [0.25, 0.3) is 11.3 Å². The zero-order chi connectivity index (χ0) is 21.3. The Hall–Kier alpha value is -2.64. The Morgan fingerprint density at radius 3 is 2.53 bits per heavy atom. The van der Waals surface area contributed by atoms with Gasteiger partial charge in [-0.3, -0.25) is 9.59 Å². The molecule has 5 nitrogen and oxygen atoms in total. The summed E-state index contributed by atoms with van der Waals surface area (Å²) in [4.78, 5) is 30.2. The Morgan fingerprint density at radius 1 is 1.13 bits per heavy atom. The Bertz CT molecular complexity index is 972. The van der Waals surface area contributed by atoms with E-state index in [9.17, 15) is 9.59 Å². The van der Waals surface area contributed by atoms with E-state index < -0.39 is 6.04 Å². The van der Waals surface area contributed by atoms with Crippen molar-refractivity contribution >= 4 is 34.8 Å². The van der Waals surface area contributed by atoms with Crippen LogP contribution in [-0.4, -0.2) is 41.8 Å². The van der Waals surface area contributed by atoms with E-state index >= 15 is 0 Å². The summed E-state index contributed by atoms with van der Waals surface area (Å²) < 4.78 is 5.13. The number of carbonyl (C=O) groups is 2. The van der Waals surface area contributed by atoms with Gasteiger partial charge in [-0.15, -0.1) is 11.3 Å². The molecule has 0 spiro atoms. The van der Waals surface area contributed by atoms with Crippen molar-refractivity contribution in [3.8, 4) is 17.0 Å². The number of amides is 1. The van der Waals surface area contributed by atoms with Gasteiger partial charge in [0, 0.05) is 16.5 Å². The molecule has 0 radical (unpaired) electrons. The first-order chi connectivity index (χ1) is 14.6. The highest BCUT2D eigenvalue weighted by molar-refractivity contribution is 7.98. The minimum Gasteiger partial charge on any atom is -0.497 e. The first-order valence-corrected chi connectivity index (χ1v) is 11.8. The number of nitrogens with zero attached hydrogens (tertiary/aromatic N) is 1. The van der Waals surface area contributed by atoms with E-state index in [2.05, 4.69) is 10.3 Å². The molecule has 7 heteroatoms. The number of nitrogens with one attached hydrogen (secondary N) is 1. The number of hydrogen-bond acceptors (Lipinski definition) is 6. The smallest absolute Gasteiger partial charge is 0.251 e. The van der Waals surface area contributed by atoms with Crippen molar-refractivity contribution in [2.75, 3.05) is 19.1 Å².